The van der Waals surface area contributed by atoms with Crippen LogP contribution < -0.4 is 10.6 Å². The molecule has 0 saturated heterocycles. The Kier molecular flexibility index (Phi) is 8.91. The van der Waals surface area contributed by atoms with E-state index in [1.54, 1.807) is 0 Å². The zero-order chi connectivity index (χ0) is 11.7. The Morgan fingerprint density at radius 2 is 2.00 bits per heavy atom. The van der Waals surface area contributed by atoms with E-state index in [9.17, 15) is 4.79 Å². The number of amides is 1. The Bertz CT molecular complexity index is 176. The third kappa shape index (κ3) is 8.75. The molecule has 0 aliphatic heterocycles. The van der Waals surface area contributed by atoms with Crippen LogP contribution in [0.5, 0.6) is 0 Å². The minimum absolute atomic E-state index is 0.150. The lowest BCUT2D eigenvalue weighted by atomic mass is 10.2. The van der Waals surface area contributed by atoms with E-state index in [0.29, 0.717) is 12.5 Å². The fourth-order valence-electron chi connectivity index (χ4n) is 1.40. The first-order valence-corrected chi connectivity index (χ1v) is 7.01. The largest absolute Gasteiger partial charge is 0.354 e. The first kappa shape index (κ1) is 14.8. The SMILES string of the molecule is CCNC(C)CC(=O)NC(C)CCSC. The van der Waals surface area contributed by atoms with Crippen molar-refractivity contribution < 1.29 is 4.79 Å². The normalized spacial score (nSPS) is 14.7. The van der Waals surface area contributed by atoms with E-state index in [2.05, 4.69) is 30.7 Å². The zero-order valence-corrected chi connectivity index (χ0v) is 11.1. The fraction of sp³-hybridized carbons (Fsp3) is 0.909. The second kappa shape index (κ2) is 9.04. The molecule has 90 valence electrons. The van der Waals surface area contributed by atoms with Gasteiger partial charge in [-0.05, 0) is 38.8 Å². The predicted octanol–water partition coefficient (Wildman–Crippen LogP) is 1.63. The summed E-state index contributed by atoms with van der Waals surface area (Å²) in [4.78, 5) is 11.5. The van der Waals surface area contributed by atoms with Gasteiger partial charge in [-0.15, -0.1) is 0 Å². The van der Waals surface area contributed by atoms with Gasteiger partial charge >= 0.3 is 0 Å². The predicted molar refractivity (Wildman–Crippen MR) is 68.4 cm³/mol. The smallest absolute Gasteiger partial charge is 0.221 e. The van der Waals surface area contributed by atoms with Gasteiger partial charge in [0.2, 0.25) is 5.91 Å². The van der Waals surface area contributed by atoms with Crippen LogP contribution in [0.4, 0.5) is 0 Å². The number of thioether (sulfide) groups is 1. The monoisotopic (exact) mass is 232 g/mol. The van der Waals surface area contributed by atoms with Gasteiger partial charge in [0.15, 0.2) is 0 Å². The van der Waals surface area contributed by atoms with Crippen LogP contribution in [0, 0.1) is 0 Å². The van der Waals surface area contributed by atoms with Crippen LogP contribution >= 0.6 is 11.8 Å². The molecule has 0 aliphatic carbocycles. The summed E-state index contributed by atoms with van der Waals surface area (Å²) in [5, 5.41) is 6.24. The number of hydrogen-bond acceptors (Lipinski definition) is 3. The summed E-state index contributed by atoms with van der Waals surface area (Å²) in [5.74, 6) is 1.25. The van der Waals surface area contributed by atoms with Gasteiger partial charge in [0.25, 0.3) is 0 Å². The highest BCUT2D eigenvalue weighted by molar-refractivity contribution is 7.98. The molecular formula is C11H24N2OS. The van der Waals surface area contributed by atoms with E-state index in [-0.39, 0.29) is 11.9 Å². The molecule has 0 radical (unpaired) electrons. The van der Waals surface area contributed by atoms with Crippen molar-refractivity contribution in [2.24, 2.45) is 0 Å². The van der Waals surface area contributed by atoms with Crippen molar-refractivity contribution >= 4 is 17.7 Å². The average Bonchev–Trinajstić information content (AvgIpc) is 2.14. The van der Waals surface area contributed by atoms with E-state index in [1.807, 2.05) is 18.7 Å². The molecule has 3 nitrogen and oxygen atoms in total. The molecule has 15 heavy (non-hydrogen) atoms. The highest BCUT2D eigenvalue weighted by atomic mass is 32.2. The average molecular weight is 232 g/mol. The summed E-state index contributed by atoms with van der Waals surface area (Å²) in [6.07, 6.45) is 3.70. The summed E-state index contributed by atoms with van der Waals surface area (Å²) >= 11 is 1.82. The molecule has 0 bridgehead atoms. The molecule has 0 aromatic rings. The fourth-order valence-corrected chi connectivity index (χ4v) is 1.99. The van der Waals surface area contributed by atoms with Crippen LogP contribution in [-0.2, 0) is 4.79 Å². The van der Waals surface area contributed by atoms with Crippen LogP contribution in [0.3, 0.4) is 0 Å². The van der Waals surface area contributed by atoms with Gasteiger partial charge in [-0.2, -0.15) is 11.8 Å². The van der Waals surface area contributed by atoms with Crippen molar-refractivity contribution in [2.45, 2.75) is 45.7 Å². The maximum absolute atomic E-state index is 11.5. The lowest BCUT2D eigenvalue weighted by molar-refractivity contribution is -0.122. The second-order valence-electron chi connectivity index (χ2n) is 3.91. The number of carbonyl (C=O) groups excluding carboxylic acids is 1. The Balaban J connectivity index is 3.63. The van der Waals surface area contributed by atoms with Crippen LogP contribution in [0.2, 0.25) is 0 Å². The number of nitrogens with one attached hydrogen (secondary N) is 2. The van der Waals surface area contributed by atoms with Crippen LogP contribution in [0.25, 0.3) is 0 Å². The maximum Gasteiger partial charge on any atom is 0.221 e. The standard InChI is InChI=1S/C11H24N2OS/c1-5-12-10(3)8-11(14)13-9(2)6-7-15-4/h9-10,12H,5-8H2,1-4H3,(H,13,14). The lowest BCUT2D eigenvalue weighted by Gasteiger charge is -2.16. The molecule has 0 spiro atoms. The van der Waals surface area contributed by atoms with Gasteiger partial charge in [0.1, 0.15) is 0 Å². The molecule has 2 N–H and O–H groups in total. The molecule has 4 heteroatoms. The molecule has 0 aliphatic rings. The van der Waals surface area contributed by atoms with Gasteiger partial charge in [0.05, 0.1) is 0 Å². The first-order valence-electron chi connectivity index (χ1n) is 5.61. The molecule has 0 fully saturated rings. The lowest BCUT2D eigenvalue weighted by Crippen LogP contribution is -2.37. The summed E-state index contributed by atoms with van der Waals surface area (Å²) in [6.45, 7) is 7.06. The summed E-state index contributed by atoms with van der Waals surface area (Å²) in [6, 6.07) is 0.557. The van der Waals surface area contributed by atoms with Crippen molar-refractivity contribution in [2.75, 3.05) is 18.6 Å². The van der Waals surface area contributed by atoms with Gasteiger partial charge in [0, 0.05) is 18.5 Å². The molecule has 2 unspecified atom stereocenters. The van der Waals surface area contributed by atoms with Crippen LogP contribution in [0.1, 0.15) is 33.6 Å². The third-order valence-corrected chi connectivity index (χ3v) is 2.85. The third-order valence-electron chi connectivity index (χ3n) is 2.21. The van der Waals surface area contributed by atoms with E-state index < -0.39 is 0 Å². The van der Waals surface area contributed by atoms with E-state index >= 15 is 0 Å². The molecule has 1 amide bonds. The Morgan fingerprint density at radius 1 is 1.33 bits per heavy atom. The number of rotatable bonds is 8. The van der Waals surface area contributed by atoms with Crippen molar-refractivity contribution in [3.05, 3.63) is 0 Å². The summed E-state index contributed by atoms with van der Waals surface area (Å²) in [5.41, 5.74) is 0. The van der Waals surface area contributed by atoms with Crippen molar-refractivity contribution in [1.29, 1.82) is 0 Å². The van der Waals surface area contributed by atoms with Gasteiger partial charge < -0.3 is 10.6 Å². The molecule has 0 rings (SSSR count). The van der Waals surface area contributed by atoms with Gasteiger partial charge in [-0.3, -0.25) is 4.79 Å². The highest BCUT2D eigenvalue weighted by Gasteiger charge is 2.10. The van der Waals surface area contributed by atoms with Crippen molar-refractivity contribution in [3.8, 4) is 0 Å². The maximum atomic E-state index is 11.5. The molecule has 2 atom stereocenters. The van der Waals surface area contributed by atoms with Crippen LogP contribution in [0.15, 0.2) is 0 Å². The number of carbonyl (C=O) groups is 1. The zero-order valence-electron chi connectivity index (χ0n) is 10.3. The van der Waals surface area contributed by atoms with E-state index in [4.69, 9.17) is 0 Å². The molecule has 0 aromatic heterocycles. The first-order chi connectivity index (χ1) is 7.10. The molecular weight excluding hydrogens is 208 g/mol. The highest BCUT2D eigenvalue weighted by Crippen LogP contribution is 2.00. The minimum Gasteiger partial charge on any atom is -0.354 e. The van der Waals surface area contributed by atoms with Crippen molar-refractivity contribution in [1.82, 2.24) is 10.6 Å². The Morgan fingerprint density at radius 3 is 2.53 bits per heavy atom. The topological polar surface area (TPSA) is 41.1 Å². The Hall–Kier alpha value is -0.220. The quantitative estimate of drug-likeness (QED) is 0.668. The van der Waals surface area contributed by atoms with Crippen LogP contribution in [-0.4, -0.2) is 36.5 Å². The Labute approximate surface area is 97.8 Å². The van der Waals surface area contributed by atoms with E-state index in [1.165, 1.54) is 0 Å². The molecule has 0 heterocycles. The minimum atomic E-state index is 0.150. The molecule has 0 saturated carbocycles. The second-order valence-corrected chi connectivity index (χ2v) is 4.90. The van der Waals surface area contributed by atoms with Gasteiger partial charge in [-0.25, -0.2) is 0 Å². The van der Waals surface area contributed by atoms with Crippen molar-refractivity contribution in [3.63, 3.8) is 0 Å². The summed E-state index contributed by atoms with van der Waals surface area (Å²) in [7, 11) is 0. The number of hydrogen-bond donors (Lipinski definition) is 2. The molecule has 0 aromatic carbocycles. The summed E-state index contributed by atoms with van der Waals surface area (Å²) < 4.78 is 0. The van der Waals surface area contributed by atoms with E-state index in [0.717, 1.165) is 18.7 Å². The van der Waals surface area contributed by atoms with Gasteiger partial charge in [-0.1, -0.05) is 6.92 Å².